The largest absolute Gasteiger partial charge is 0.497 e. The number of anilines is 1. The summed E-state index contributed by atoms with van der Waals surface area (Å²) in [7, 11) is 1.58. The SMILES string of the molecule is COc1ccc(NC(=O)c2nc(SCc3ccc(F)cc3)ncc2Br)cc1. The Labute approximate surface area is 168 Å². The lowest BCUT2D eigenvalue weighted by Crippen LogP contribution is -2.15. The molecule has 3 rings (SSSR count). The van der Waals surface area contributed by atoms with Gasteiger partial charge in [-0.1, -0.05) is 23.9 Å². The first-order valence-electron chi connectivity index (χ1n) is 7.90. The Balaban J connectivity index is 1.69. The number of rotatable bonds is 6. The van der Waals surface area contributed by atoms with Gasteiger partial charge < -0.3 is 10.1 Å². The third-order valence-electron chi connectivity index (χ3n) is 3.57. The van der Waals surface area contributed by atoms with Gasteiger partial charge in [-0.2, -0.15) is 0 Å². The topological polar surface area (TPSA) is 64.1 Å². The molecule has 1 amide bonds. The van der Waals surface area contributed by atoms with Crippen LogP contribution in [0.15, 0.2) is 64.4 Å². The molecule has 0 unspecified atom stereocenters. The maximum Gasteiger partial charge on any atom is 0.275 e. The second-order valence-electron chi connectivity index (χ2n) is 5.45. The molecule has 0 saturated carbocycles. The summed E-state index contributed by atoms with van der Waals surface area (Å²) < 4.78 is 18.6. The van der Waals surface area contributed by atoms with E-state index in [0.717, 1.165) is 5.56 Å². The lowest BCUT2D eigenvalue weighted by Gasteiger charge is -2.08. The van der Waals surface area contributed by atoms with Gasteiger partial charge in [-0.25, -0.2) is 14.4 Å². The first kappa shape index (κ1) is 19.3. The molecule has 0 bridgehead atoms. The number of amides is 1. The van der Waals surface area contributed by atoms with Crippen LogP contribution in [0.4, 0.5) is 10.1 Å². The summed E-state index contributed by atoms with van der Waals surface area (Å²) in [5.41, 5.74) is 1.81. The fourth-order valence-corrected chi connectivity index (χ4v) is 3.32. The molecule has 0 fully saturated rings. The number of aromatic nitrogens is 2. The maximum absolute atomic E-state index is 13.0. The van der Waals surface area contributed by atoms with E-state index in [9.17, 15) is 9.18 Å². The summed E-state index contributed by atoms with van der Waals surface area (Å²) >= 11 is 4.68. The Morgan fingerprint density at radius 2 is 1.89 bits per heavy atom. The van der Waals surface area contributed by atoms with Crippen molar-refractivity contribution in [2.24, 2.45) is 0 Å². The highest BCUT2D eigenvalue weighted by molar-refractivity contribution is 9.10. The number of hydrogen-bond acceptors (Lipinski definition) is 5. The van der Waals surface area contributed by atoms with Crippen LogP contribution in [0.1, 0.15) is 16.1 Å². The zero-order valence-electron chi connectivity index (χ0n) is 14.3. The fraction of sp³-hybridized carbons (Fsp3) is 0.105. The van der Waals surface area contributed by atoms with E-state index in [1.54, 1.807) is 49.7 Å². The number of methoxy groups -OCH3 is 1. The van der Waals surface area contributed by atoms with E-state index in [4.69, 9.17) is 4.74 Å². The van der Waals surface area contributed by atoms with Crippen molar-refractivity contribution in [3.8, 4) is 5.75 Å². The van der Waals surface area contributed by atoms with Gasteiger partial charge in [0.2, 0.25) is 0 Å². The van der Waals surface area contributed by atoms with Crippen molar-refractivity contribution in [1.29, 1.82) is 0 Å². The van der Waals surface area contributed by atoms with Crippen LogP contribution in [0.3, 0.4) is 0 Å². The molecule has 1 heterocycles. The highest BCUT2D eigenvalue weighted by Gasteiger charge is 2.14. The van der Waals surface area contributed by atoms with Gasteiger partial charge in [0, 0.05) is 17.6 Å². The number of nitrogens with one attached hydrogen (secondary N) is 1. The summed E-state index contributed by atoms with van der Waals surface area (Å²) in [6.07, 6.45) is 1.54. The molecule has 0 saturated heterocycles. The Morgan fingerprint density at radius 3 is 2.56 bits per heavy atom. The first-order valence-corrected chi connectivity index (χ1v) is 9.68. The van der Waals surface area contributed by atoms with E-state index in [1.807, 2.05) is 0 Å². The molecule has 0 radical (unpaired) electrons. The molecule has 3 aromatic rings. The zero-order valence-corrected chi connectivity index (χ0v) is 16.7. The van der Waals surface area contributed by atoms with Gasteiger partial charge in [0.25, 0.3) is 5.91 Å². The smallest absolute Gasteiger partial charge is 0.275 e. The number of ether oxygens (including phenoxy) is 1. The van der Waals surface area contributed by atoms with Crippen LogP contribution in [0.2, 0.25) is 0 Å². The van der Waals surface area contributed by atoms with Crippen molar-refractivity contribution in [1.82, 2.24) is 9.97 Å². The number of nitrogens with zero attached hydrogens (tertiary/aromatic N) is 2. The van der Waals surface area contributed by atoms with Crippen molar-refractivity contribution >= 4 is 39.3 Å². The highest BCUT2D eigenvalue weighted by atomic mass is 79.9. The van der Waals surface area contributed by atoms with Gasteiger partial charge in [0.05, 0.1) is 11.6 Å². The van der Waals surface area contributed by atoms with E-state index < -0.39 is 0 Å². The van der Waals surface area contributed by atoms with Crippen LogP contribution in [0, 0.1) is 5.82 Å². The average Bonchev–Trinajstić information content (AvgIpc) is 2.69. The molecule has 8 heteroatoms. The van der Waals surface area contributed by atoms with Crippen molar-refractivity contribution < 1.29 is 13.9 Å². The molecule has 27 heavy (non-hydrogen) atoms. The predicted molar refractivity (Wildman–Crippen MR) is 107 cm³/mol. The number of hydrogen-bond donors (Lipinski definition) is 1. The van der Waals surface area contributed by atoms with Crippen molar-refractivity contribution in [3.05, 3.63) is 76.3 Å². The van der Waals surface area contributed by atoms with Crippen LogP contribution >= 0.6 is 27.7 Å². The summed E-state index contributed by atoms with van der Waals surface area (Å²) in [4.78, 5) is 21.1. The van der Waals surface area contributed by atoms with Crippen LogP contribution in [-0.2, 0) is 5.75 Å². The van der Waals surface area contributed by atoms with Gasteiger partial charge in [0.15, 0.2) is 5.16 Å². The Hall–Kier alpha value is -2.45. The summed E-state index contributed by atoms with van der Waals surface area (Å²) in [5, 5.41) is 3.25. The maximum atomic E-state index is 13.0. The third kappa shape index (κ3) is 5.27. The molecule has 138 valence electrons. The first-order chi connectivity index (χ1) is 13.0. The third-order valence-corrected chi connectivity index (χ3v) is 5.08. The van der Waals surface area contributed by atoms with E-state index in [0.29, 0.717) is 26.8 Å². The van der Waals surface area contributed by atoms with Gasteiger partial charge in [-0.15, -0.1) is 0 Å². The van der Waals surface area contributed by atoms with Gasteiger partial charge in [0.1, 0.15) is 17.3 Å². The van der Waals surface area contributed by atoms with Crippen molar-refractivity contribution in [3.63, 3.8) is 0 Å². The number of carbonyl (C=O) groups is 1. The van der Waals surface area contributed by atoms with Crippen LogP contribution < -0.4 is 10.1 Å². The van der Waals surface area contributed by atoms with Crippen molar-refractivity contribution in [2.75, 3.05) is 12.4 Å². The fourth-order valence-electron chi connectivity index (χ4n) is 2.17. The van der Waals surface area contributed by atoms with Crippen LogP contribution in [-0.4, -0.2) is 23.0 Å². The molecule has 2 aromatic carbocycles. The van der Waals surface area contributed by atoms with Gasteiger partial charge in [-0.3, -0.25) is 4.79 Å². The lowest BCUT2D eigenvalue weighted by molar-refractivity contribution is 0.102. The standard InChI is InChI=1S/C19H15BrFN3O2S/c1-26-15-8-6-14(7-9-15)23-18(25)17-16(20)10-22-19(24-17)27-11-12-2-4-13(21)5-3-12/h2-10H,11H2,1H3,(H,23,25). The number of benzene rings is 2. The van der Waals surface area contributed by atoms with Crippen LogP contribution in [0.25, 0.3) is 0 Å². The molecular formula is C19H15BrFN3O2S. The number of halogens is 2. The predicted octanol–water partition coefficient (Wildman–Crippen LogP) is 4.93. The van der Waals surface area contributed by atoms with Gasteiger partial charge in [-0.05, 0) is 57.9 Å². The molecule has 0 atom stereocenters. The monoisotopic (exact) mass is 447 g/mol. The van der Waals surface area contributed by atoms with Crippen LogP contribution in [0.5, 0.6) is 5.75 Å². The molecule has 1 N–H and O–H groups in total. The summed E-state index contributed by atoms with van der Waals surface area (Å²) in [5.74, 6) is 0.649. The minimum absolute atomic E-state index is 0.238. The number of thioether (sulfide) groups is 1. The van der Waals surface area contributed by atoms with E-state index in [-0.39, 0.29) is 17.4 Å². The Morgan fingerprint density at radius 1 is 1.19 bits per heavy atom. The minimum Gasteiger partial charge on any atom is -0.497 e. The number of carbonyl (C=O) groups excluding carboxylic acids is 1. The minimum atomic E-state index is -0.349. The second-order valence-corrected chi connectivity index (χ2v) is 7.24. The summed E-state index contributed by atoms with van der Waals surface area (Å²) in [6, 6.07) is 13.2. The quantitative estimate of drug-likeness (QED) is 0.428. The summed E-state index contributed by atoms with van der Waals surface area (Å²) in [6.45, 7) is 0. The highest BCUT2D eigenvalue weighted by Crippen LogP contribution is 2.23. The second kappa shape index (κ2) is 8.96. The molecule has 0 aliphatic rings. The van der Waals surface area contributed by atoms with Gasteiger partial charge >= 0.3 is 0 Å². The van der Waals surface area contributed by atoms with Crippen molar-refractivity contribution in [2.45, 2.75) is 10.9 Å². The molecule has 0 aliphatic carbocycles. The average molecular weight is 448 g/mol. The Bertz CT molecular complexity index is 937. The van der Waals surface area contributed by atoms with E-state index in [2.05, 4.69) is 31.2 Å². The molecular weight excluding hydrogens is 433 g/mol. The Kier molecular flexibility index (Phi) is 6.41. The molecule has 5 nitrogen and oxygen atoms in total. The molecule has 1 aromatic heterocycles. The zero-order chi connectivity index (χ0) is 19.2. The van der Waals surface area contributed by atoms with E-state index >= 15 is 0 Å². The molecule has 0 aliphatic heterocycles. The lowest BCUT2D eigenvalue weighted by atomic mass is 10.2. The normalized spacial score (nSPS) is 10.5. The van der Waals surface area contributed by atoms with E-state index in [1.165, 1.54) is 23.9 Å². The molecule has 0 spiro atoms.